The average molecular weight is 340 g/mol. The highest BCUT2D eigenvalue weighted by atomic mass is 16.5. The molecule has 1 aliphatic carbocycles. The molecule has 2 heterocycles. The van der Waals surface area contributed by atoms with Gasteiger partial charge in [-0.25, -0.2) is 0 Å². The summed E-state index contributed by atoms with van der Waals surface area (Å²) in [6.45, 7) is 0.950. The summed E-state index contributed by atoms with van der Waals surface area (Å²) >= 11 is 0. The monoisotopic (exact) mass is 340 g/mol. The van der Waals surface area contributed by atoms with Gasteiger partial charge in [0.05, 0.1) is 19.2 Å². The van der Waals surface area contributed by atoms with Crippen molar-refractivity contribution in [3.63, 3.8) is 0 Å². The van der Waals surface area contributed by atoms with E-state index < -0.39 is 0 Å². The number of methoxy groups -OCH3 is 1. The van der Waals surface area contributed by atoms with Gasteiger partial charge in [0.15, 0.2) is 5.69 Å². The van der Waals surface area contributed by atoms with Crippen molar-refractivity contribution in [1.29, 1.82) is 0 Å². The van der Waals surface area contributed by atoms with Crippen LogP contribution in [0.4, 0.5) is 0 Å². The van der Waals surface area contributed by atoms with Gasteiger partial charge in [-0.05, 0) is 25.0 Å². The fraction of sp³-hybridized carbons (Fsp3) is 0.389. The standard InChI is InChI=1S/C18H20N4O3/c1-25-15-5-3-2-4-12(15)18(24)22-9-8-14-13(10-22)16(21-20-14)17(23)19-11-6-7-11/h2-5,11H,6-10H2,1H3,(H,19,23)(H,20,21). The first-order valence-corrected chi connectivity index (χ1v) is 8.46. The zero-order valence-corrected chi connectivity index (χ0v) is 14.0. The molecular formula is C18H20N4O3. The second-order valence-corrected chi connectivity index (χ2v) is 6.45. The summed E-state index contributed by atoms with van der Waals surface area (Å²) in [5.41, 5.74) is 2.68. The number of aromatic amines is 1. The summed E-state index contributed by atoms with van der Waals surface area (Å²) in [6, 6.07) is 7.45. The molecule has 2 aliphatic rings. The van der Waals surface area contributed by atoms with Gasteiger partial charge >= 0.3 is 0 Å². The highest BCUT2D eigenvalue weighted by Crippen LogP contribution is 2.26. The van der Waals surface area contributed by atoms with Gasteiger partial charge in [0.25, 0.3) is 11.8 Å². The van der Waals surface area contributed by atoms with Crippen LogP contribution in [0.25, 0.3) is 0 Å². The molecule has 1 saturated carbocycles. The second kappa shape index (κ2) is 6.23. The smallest absolute Gasteiger partial charge is 0.272 e. The molecule has 2 aromatic rings. The first-order valence-electron chi connectivity index (χ1n) is 8.46. The van der Waals surface area contributed by atoms with E-state index in [4.69, 9.17) is 4.74 Å². The number of rotatable bonds is 4. The molecule has 0 radical (unpaired) electrons. The summed E-state index contributed by atoms with van der Waals surface area (Å²) < 4.78 is 5.29. The third kappa shape index (κ3) is 2.97. The van der Waals surface area contributed by atoms with Crippen molar-refractivity contribution in [3.05, 3.63) is 46.8 Å². The van der Waals surface area contributed by atoms with Crippen molar-refractivity contribution in [1.82, 2.24) is 20.4 Å². The lowest BCUT2D eigenvalue weighted by molar-refractivity contribution is 0.0728. The molecule has 0 unspecified atom stereocenters. The Morgan fingerprint density at radius 2 is 2.12 bits per heavy atom. The van der Waals surface area contributed by atoms with Crippen LogP contribution in [-0.4, -0.2) is 46.6 Å². The van der Waals surface area contributed by atoms with Crippen molar-refractivity contribution < 1.29 is 14.3 Å². The van der Waals surface area contributed by atoms with Crippen LogP contribution in [-0.2, 0) is 13.0 Å². The number of para-hydroxylation sites is 1. The number of hydrogen-bond donors (Lipinski definition) is 2. The second-order valence-electron chi connectivity index (χ2n) is 6.45. The van der Waals surface area contributed by atoms with Crippen LogP contribution >= 0.6 is 0 Å². The molecule has 0 spiro atoms. The van der Waals surface area contributed by atoms with Gasteiger partial charge in [-0.2, -0.15) is 5.10 Å². The number of ether oxygens (including phenoxy) is 1. The molecule has 0 bridgehead atoms. The number of fused-ring (bicyclic) bond motifs is 1. The average Bonchev–Trinajstić information content (AvgIpc) is 3.35. The lowest BCUT2D eigenvalue weighted by atomic mass is 10.0. The van der Waals surface area contributed by atoms with Gasteiger partial charge in [-0.1, -0.05) is 12.1 Å². The Labute approximate surface area is 145 Å². The van der Waals surface area contributed by atoms with Crippen LogP contribution in [0.15, 0.2) is 24.3 Å². The maximum absolute atomic E-state index is 12.9. The van der Waals surface area contributed by atoms with Crippen molar-refractivity contribution in [2.75, 3.05) is 13.7 Å². The van der Waals surface area contributed by atoms with Crippen LogP contribution in [0.1, 0.15) is 44.9 Å². The Balaban J connectivity index is 1.56. The van der Waals surface area contributed by atoms with Crippen molar-refractivity contribution in [2.24, 2.45) is 0 Å². The van der Waals surface area contributed by atoms with Gasteiger partial charge in [-0.15, -0.1) is 0 Å². The highest BCUT2D eigenvalue weighted by molar-refractivity contribution is 5.98. The third-order valence-electron chi connectivity index (χ3n) is 4.69. The maximum Gasteiger partial charge on any atom is 0.272 e. The molecule has 25 heavy (non-hydrogen) atoms. The Morgan fingerprint density at radius 1 is 1.32 bits per heavy atom. The zero-order valence-electron chi connectivity index (χ0n) is 14.0. The predicted octanol–water partition coefficient (Wildman–Crippen LogP) is 1.51. The Morgan fingerprint density at radius 3 is 2.88 bits per heavy atom. The molecule has 7 nitrogen and oxygen atoms in total. The number of aromatic nitrogens is 2. The van der Waals surface area contributed by atoms with Crippen LogP contribution < -0.4 is 10.1 Å². The van der Waals surface area contributed by atoms with Gasteiger partial charge in [0.1, 0.15) is 5.75 Å². The Bertz CT molecular complexity index is 825. The number of carbonyl (C=O) groups excluding carboxylic acids is 2. The minimum absolute atomic E-state index is 0.0992. The fourth-order valence-electron chi connectivity index (χ4n) is 3.13. The largest absolute Gasteiger partial charge is 0.496 e. The number of nitrogens with one attached hydrogen (secondary N) is 2. The number of benzene rings is 1. The SMILES string of the molecule is COc1ccccc1C(=O)N1CCc2[nH]nc(C(=O)NC3CC3)c2C1. The lowest BCUT2D eigenvalue weighted by Crippen LogP contribution is -2.37. The first-order chi connectivity index (χ1) is 12.2. The van der Waals surface area contributed by atoms with Crippen molar-refractivity contribution in [3.8, 4) is 5.75 Å². The Hall–Kier alpha value is -2.83. The number of carbonyl (C=O) groups is 2. The third-order valence-corrected chi connectivity index (χ3v) is 4.69. The van der Waals surface area contributed by atoms with Gasteiger partial charge < -0.3 is 15.0 Å². The molecular weight excluding hydrogens is 320 g/mol. The van der Waals surface area contributed by atoms with Crippen LogP contribution in [0.2, 0.25) is 0 Å². The zero-order chi connectivity index (χ0) is 17.4. The topological polar surface area (TPSA) is 87.3 Å². The van der Waals surface area contributed by atoms with E-state index in [0.717, 1.165) is 24.1 Å². The van der Waals surface area contributed by atoms with Crippen molar-refractivity contribution in [2.45, 2.75) is 31.8 Å². The molecule has 130 valence electrons. The summed E-state index contributed by atoms with van der Waals surface area (Å²) in [4.78, 5) is 27.0. The molecule has 1 aromatic heterocycles. The summed E-state index contributed by atoms with van der Waals surface area (Å²) in [6.07, 6.45) is 2.70. The number of amides is 2. The molecule has 1 aliphatic heterocycles. The summed E-state index contributed by atoms with van der Waals surface area (Å²) in [5.74, 6) is 0.293. The minimum atomic E-state index is -0.161. The van der Waals surface area contributed by atoms with E-state index in [2.05, 4.69) is 15.5 Å². The van der Waals surface area contributed by atoms with Crippen molar-refractivity contribution >= 4 is 11.8 Å². The predicted molar refractivity (Wildman–Crippen MR) is 90.5 cm³/mol. The van der Waals surface area contributed by atoms with E-state index in [9.17, 15) is 9.59 Å². The molecule has 1 fully saturated rings. The van der Waals surface area contributed by atoms with E-state index in [1.165, 1.54) is 0 Å². The van der Waals surface area contributed by atoms with E-state index in [1.54, 1.807) is 24.1 Å². The normalized spacial score (nSPS) is 16.3. The van der Waals surface area contributed by atoms with E-state index >= 15 is 0 Å². The van der Waals surface area contributed by atoms with E-state index in [0.29, 0.717) is 36.5 Å². The number of hydrogen-bond acceptors (Lipinski definition) is 4. The number of H-pyrrole nitrogens is 1. The molecule has 1 aromatic carbocycles. The molecule has 0 saturated heterocycles. The minimum Gasteiger partial charge on any atom is -0.496 e. The Kier molecular flexibility index (Phi) is 3.91. The fourth-order valence-corrected chi connectivity index (χ4v) is 3.13. The van der Waals surface area contributed by atoms with Gasteiger partial charge in [0, 0.05) is 30.3 Å². The first kappa shape index (κ1) is 15.7. The van der Waals surface area contributed by atoms with Gasteiger partial charge in [0.2, 0.25) is 0 Å². The van der Waals surface area contributed by atoms with E-state index in [-0.39, 0.29) is 17.9 Å². The quantitative estimate of drug-likeness (QED) is 0.883. The van der Waals surface area contributed by atoms with Gasteiger partial charge in [-0.3, -0.25) is 14.7 Å². The molecule has 0 atom stereocenters. The van der Waals surface area contributed by atoms with Crippen LogP contribution in [0.3, 0.4) is 0 Å². The lowest BCUT2D eigenvalue weighted by Gasteiger charge is -2.27. The molecule has 7 heteroatoms. The maximum atomic E-state index is 12.9. The number of nitrogens with zero attached hydrogens (tertiary/aromatic N) is 2. The molecule has 4 rings (SSSR count). The van der Waals surface area contributed by atoms with Crippen LogP contribution in [0, 0.1) is 0 Å². The van der Waals surface area contributed by atoms with E-state index in [1.807, 2.05) is 12.1 Å². The molecule has 2 N–H and O–H groups in total. The van der Waals surface area contributed by atoms with Crippen LogP contribution in [0.5, 0.6) is 5.75 Å². The molecule has 2 amide bonds. The summed E-state index contributed by atoms with van der Waals surface area (Å²) in [5, 5.41) is 10.1. The summed E-state index contributed by atoms with van der Waals surface area (Å²) in [7, 11) is 1.55. The highest BCUT2D eigenvalue weighted by Gasteiger charge is 2.31.